The molecule has 0 aliphatic carbocycles. The molecule has 1 saturated heterocycles. The first-order valence-corrected chi connectivity index (χ1v) is 11.6. The summed E-state index contributed by atoms with van der Waals surface area (Å²) in [5, 5.41) is 15.4. The Kier molecular flexibility index (Phi) is 7.25. The minimum absolute atomic E-state index is 0.268. The van der Waals surface area contributed by atoms with Crippen molar-refractivity contribution in [3.05, 3.63) is 69.7 Å². The molecule has 0 amide bonds. The van der Waals surface area contributed by atoms with Crippen LogP contribution >= 0.6 is 23.2 Å². The summed E-state index contributed by atoms with van der Waals surface area (Å²) in [6.07, 6.45) is 0.715. The maximum atomic E-state index is 13.4. The number of carbonyl (C=O) groups is 1. The maximum Gasteiger partial charge on any atom is 0.324 e. The highest BCUT2D eigenvalue weighted by molar-refractivity contribution is 6.30. The van der Waals surface area contributed by atoms with Crippen LogP contribution in [0.1, 0.15) is 58.1 Å². The van der Waals surface area contributed by atoms with Crippen LogP contribution in [-0.2, 0) is 14.9 Å². The van der Waals surface area contributed by atoms with E-state index in [1.807, 2.05) is 51.1 Å². The third-order valence-corrected chi connectivity index (χ3v) is 6.32. The van der Waals surface area contributed by atoms with Gasteiger partial charge >= 0.3 is 5.97 Å². The number of halogens is 2. The molecule has 3 rings (SSSR count). The van der Waals surface area contributed by atoms with Crippen molar-refractivity contribution < 1.29 is 9.53 Å². The second-order valence-electron chi connectivity index (χ2n) is 9.88. The van der Waals surface area contributed by atoms with Crippen molar-refractivity contribution >= 4 is 29.2 Å². The van der Waals surface area contributed by atoms with Crippen molar-refractivity contribution in [2.45, 2.75) is 70.1 Å². The lowest BCUT2D eigenvalue weighted by atomic mass is 9.64. The van der Waals surface area contributed by atoms with E-state index in [4.69, 9.17) is 27.9 Å². The van der Waals surface area contributed by atoms with Crippen LogP contribution < -0.4 is 5.32 Å². The fraction of sp³-hybridized carbons (Fsp3) is 0.462. The molecule has 170 valence electrons. The number of hydrogen-bond acceptors (Lipinski definition) is 4. The predicted octanol–water partition coefficient (Wildman–Crippen LogP) is 6.27. The summed E-state index contributed by atoms with van der Waals surface area (Å²) in [5.74, 6) is -0.557. The number of nitriles is 1. The van der Waals surface area contributed by atoms with Gasteiger partial charge in [0.25, 0.3) is 0 Å². The van der Waals surface area contributed by atoms with Gasteiger partial charge in [0.1, 0.15) is 17.1 Å². The van der Waals surface area contributed by atoms with Gasteiger partial charge in [-0.3, -0.25) is 10.1 Å². The number of benzene rings is 2. The largest absolute Gasteiger partial charge is 0.459 e. The van der Waals surface area contributed by atoms with Crippen LogP contribution in [0, 0.1) is 17.2 Å². The zero-order valence-corrected chi connectivity index (χ0v) is 20.7. The van der Waals surface area contributed by atoms with Crippen LogP contribution in [0.3, 0.4) is 0 Å². The van der Waals surface area contributed by atoms with Crippen LogP contribution in [0.25, 0.3) is 0 Å². The maximum absolute atomic E-state index is 13.4. The minimum atomic E-state index is -1.01. The van der Waals surface area contributed by atoms with Gasteiger partial charge in [-0.1, -0.05) is 61.3 Å². The Morgan fingerprint density at radius 1 is 1.16 bits per heavy atom. The van der Waals surface area contributed by atoms with Crippen molar-refractivity contribution in [3.63, 3.8) is 0 Å². The molecule has 0 aromatic heterocycles. The molecule has 1 fully saturated rings. The molecule has 2 aromatic rings. The Morgan fingerprint density at radius 3 is 2.34 bits per heavy atom. The van der Waals surface area contributed by atoms with E-state index >= 15 is 0 Å². The van der Waals surface area contributed by atoms with Crippen molar-refractivity contribution in [1.82, 2.24) is 5.32 Å². The lowest BCUT2D eigenvalue weighted by Gasteiger charge is -2.35. The van der Waals surface area contributed by atoms with Gasteiger partial charge < -0.3 is 4.74 Å². The van der Waals surface area contributed by atoms with Crippen molar-refractivity contribution in [3.8, 4) is 6.07 Å². The fourth-order valence-corrected chi connectivity index (χ4v) is 5.02. The highest BCUT2D eigenvalue weighted by Crippen LogP contribution is 2.50. The molecule has 0 bridgehead atoms. The first kappa shape index (κ1) is 24.6. The predicted molar refractivity (Wildman–Crippen MR) is 129 cm³/mol. The van der Waals surface area contributed by atoms with E-state index in [-0.39, 0.29) is 12.0 Å². The number of nitrogens with zero attached hydrogens (tertiary/aromatic N) is 1. The van der Waals surface area contributed by atoms with Crippen LogP contribution in [-0.4, -0.2) is 23.7 Å². The Hall–Kier alpha value is -2.06. The van der Waals surface area contributed by atoms with Crippen LogP contribution in [0.2, 0.25) is 10.0 Å². The molecule has 6 heteroatoms. The highest BCUT2D eigenvalue weighted by Gasteiger charge is 2.59. The third kappa shape index (κ3) is 4.96. The number of carbonyl (C=O) groups excluding carboxylic acids is 1. The number of nitrogens with one attached hydrogen (secondary N) is 1. The van der Waals surface area contributed by atoms with Crippen LogP contribution in [0.5, 0.6) is 0 Å². The summed E-state index contributed by atoms with van der Waals surface area (Å²) in [5.41, 5.74) is -0.0213. The zero-order chi connectivity index (χ0) is 23.7. The van der Waals surface area contributed by atoms with Gasteiger partial charge in [0, 0.05) is 22.0 Å². The second-order valence-corrected chi connectivity index (χ2v) is 10.8. The lowest BCUT2D eigenvalue weighted by Crippen LogP contribution is -2.43. The number of hydrogen-bond donors (Lipinski definition) is 1. The van der Waals surface area contributed by atoms with Gasteiger partial charge in [-0.2, -0.15) is 5.26 Å². The normalized spacial score (nSPS) is 25.5. The van der Waals surface area contributed by atoms with Crippen molar-refractivity contribution in [2.75, 3.05) is 0 Å². The summed E-state index contributed by atoms with van der Waals surface area (Å²) in [7, 11) is 0. The Balaban J connectivity index is 2.25. The average Bonchev–Trinajstić information content (AvgIpc) is 3.01. The average molecular weight is 473 g/mol. The number of rotatable bonds is 5. The molecule has 4 nitrogen and oxygen atoms in total. The molecule has 2 aromatic carbocycles. The molecule has 1 N–H and O–H groups in total. The van der Waals surface area contributed by atoms with E-state index in [2.05, 4.69) is 25.2 Å². The van der Waals surface area contributed by atoms with Crippen molar-refractivity contribution in [1.29, 1.82) is 5.26 Å². The van der Waals surface area contributed by atoms with E-state index in [9.17, 15) is 10.1 Å². The van der Waals surface area contributed by atoms with Gasteiger partial charge in [-0.15, -0.1) is 0 Å². The molecule has 32 heavy (non-hydrogen) atoms. The third-order valence-electron chi connectivity index (χ3n) is 5.84. The summed E-state index contributed by atoms with van der Waals surface area (Å²) in [6, 6.07) is 16.4. The van der Waals surface area contributed by atoms with E-state index in [0.29, 0.717) is 22.4 Å². The van der Waals surface area contributed by atoms with Gasteiger partial charge in [0.05, 0.1) is 6.07 Å². The smallest absolute Gasteiger partial charge is 0.324 e. The number of esters is 1. The Labute approximate surface area is 200 Å². The molecule has 1 aliphatic rings. The molecular formula is C26H30Cl2N2O2. The molecule has 1 aliphatic heterocycles. The minimum Gasteiger partial charge on any atom is -0.459 e. The summed E-state index contributed by atoms with van der Waals surface area (Å²) in [4.78, 5) is 13.4. The molecule has 0 saturated carbocycles. The molecule has 1 heterocycles. The topological polar surface area (TPSA) is 62.1 Å². The van der Waals surface area contributed by atoms with Gasteiger partial charge in [0.15, 0.2) is 0 Å². The highest BCUT2D eigenvalue weighted by atomic mass is 35.5. The summed E-state index contributed by atoms with van der Waals surface area (Å²) in [6.45, 7) is 9.76. The lowest BCUT2D eigenvalue weighted by molar-refractivity contribution is -0.157. The molecule has 4 atom stereocenters. The molecular weight excluding hydrogens is 443 g/mol. The van der Waals surface area contributed by atoms with E-state index in [1.165, 1.54) is 0 Å². The second kappa shape index (κ2) is 9.43. The quantitative estimate of drug-likeness (QED) is 0.520. The molecule has 0 radical (unpaired) electrons. The summed E-state index contributed by atoms with van der Waals surface area (Å²) >= 11 is 12.5. The fourth-order valence-electron chi connectivity index (χ4n) is 4.69. The Morgan fingerprint density at radius 2 is 1.81 bits per heavy atom. The SMILES string of the molecule is CC(C)C[C@H]1N[C@@H](C(=O)OC(C)(C)C)[C@H](c2cccc(Cl)c2)[C@@]1(C#N)c1ccc(Cl)cc1. The van der Waals surface area contributed by atoms with E-state index in [0.717, 1.165) is 11.1 Å². The van der Waals surface area contributed by atoms with Crippen molar-refractivity contribution in [2.24, 2.45) is 5.92 Å². The zero-order valence-electron chi connectivity index (χ0n) is 19.2. The van der Waals surface area contributed by atoms with Crippen LogP contribution in [0.4, 0.5) is 0 Å². The van der Waals surface area contributed by atoms with Gasteiger partial charge in [0.2, 0.25) is 0 Å². The van der Waals surface area contributed by atoms with Gasteiger partial charge in [-0.25, -0.2) is 0 Å². The Bertz CT molecular complexity index is 1010. The van der Waals surface area contributed by atoms with E-state index < -0.39 is 23.0 Å². The standard InChI is InChI=1S/C26H30Cl2N2O2/c1-16(2)13-21-26(15-29,18-9-11-19(27)12-10-18)22(17-7-6-8-20(28)14-17)23(30-21)24(31)32-25(3,4)5/h6-12,14,16,21-23,30H,13H2,1-5H3/t21-,22+,23-,26+/m1/s1. The molecule has 0 unspecified atom stereocenters. The summed E-state index contributed by atoms with van der Waals surface area (Å²) < 4.78 is 5.78. The monoisotopic (exact) mass is 472 g/mol. The first-order chi connectivity index (χ1) is 15.0. The number of ether oxygens (including phenoxy) is 1. The van der Waals surface area contributed by atoms with E-state index in [1.54, 1.807) is 18.2 Å². The van der Waals surface area contributed by atoms with Crippen LogP contribution in [0.15, 0.2) is 48.5 Å². The molecule has 0 spiro atoms. The van der Waals surface area contributed by atoms with Gasteiger partial charge in [-0.05, 0) is 68.5 Å². The first-order valence-electron chi connectivity index (χ1n) is 10.9.